The van der Waals surface area contributed by atoms with E-state index >= 15 is 0 Å². The van der Waals surface area contributed by atoms with Crippen molar-refractivity contribution in [3.63, 3.8) is 0 Å². The van der Waals surface area contributed by atoms with E-state index in [2.05, 4.69) is 20.9 Å². The second-order valence-electron chi connectivity index (χ2n) is 3.22. The maximum atomic E-state index is 13.5. The van der Waals surface area contributed by atoms with Crippen molar-refractivity contribution in [1.29, 1.82) is 0 Å². The maximum absolute atomic E-state index is 13.5. The zero-order chi connectivity index (χ0) is 12.4. The van der Waals surface area contributed by atoms with Crippen molar-refractivity contribution in [3.8, 4) is 0 Å². The average molecular weight is 317 g/mol. The summed E-state index contributed by atoms with van der Waals surface area (Å²) in [5, 5.41) is 0. The van der Waals surface area contributed by atoms with Crippen LogP contribution in [0.5, 0.6) is 0 Å². The van der Waals surface area contributed by atoms with Crippen LogP contribution in [0, 0.1) is 11.6 Å². The van der Waals surface area contributed by atoms with E-state index in [1.165, 1.54) is 18.3 Å². The summed E-state index contributed by atoms with van der Waals surface area (Å²) in [6.45, 7) is 0. The Morgan fingerprint density at radius 1 is 1.24 bits per heavy atom. The Kier molecular flexibility index (Phi) is 3.63. The van der Waals surface area contributed by atoms with Gasteiger partial charge in [0, 0.05) is 17.2 Å². The van der Waals surface area contributed by atoms with Gasteiger partial charge < -0.3 is 5.73 Å². The lowest BCUT2D eigenvalue weighted by Crippen LogP contribution is -1.92. The number of halogens is 3. The number of pyridine rings is 1. The quantitative estimate of drug-likeness (QED) is 0.914. The van der Waals surface area contributed by atoms with Crippen molar-refractivity contribution in [2.45, 2.75) is 9.79 Å². The van der Waals surface area contributed by atoms with E-state index in [1.807, 2.05) is 0 Å². The third-order valence-electron chi connectivity index (χ3n) is 1.99. The minimum Gasteiger partial charge on any atom is -0.397 e. The van der Waals surface area contributed by atoms with Gasteiger partial charge in [-0.15, -0.1) is 0 Å². The van der Waals surface area contributed by atoms with Crippen molar-refractivity contribution in [1.82, 2.24) is 4.98 Å². The molecule has 0 saturated heterocycles. The highest BCUT2D eigenvalue weighted by Crippen LogP contribution is 2.38. The smallest absolute Gasteiger partial charge is 0.140 e. The van der Waals surface area contributed by atoms with E-state index in [9.17, 15) is 8.78 Å². The van der Waals surface area contributed by atoms with Crippen molar-refractivity contribution in [2.75, 3.05) is 5.73 Å². The van der Waals surface area contributed by atoms with E-state index in [0.717, 1.165) is 17.8 Å². The molecule has 88 valence electrons. The normalized spacial score (nSPS) is 10.5. The Labute approximate surface area is 109 Å². The lowest BCUT2D eigenvalue weighted by Gasteiger charge is -2.07. The van der Waals surface area contributed by atoms with Gasteiger partial charge in [0.1, 0.15) is 11.6 Å². The molecular weight excluding hydrogens is 310 g/mol. The van der Waals surface area contributed by atoms with Gasteiger partial charge in [-0.1, -0.05) is 11.8 Å². The average Bonchev–Trinajstić information content (AvgIpc) is 2.26. The number of hydrogen-bond acceptors (Lipinski definition) is 3. The lowest BCUT2D eigenvalue weighted by atomic mass is 10.3. The molecule has 0 aliphatic rings. The first-order chi connectivity index (χ1) is 8.08. The van der Waals surface area contributed by atoms with E-state index in [0.29, 0.717) is 20.0 Å². The zero-order valence-corrected chi connectivity index (χ0v) is 10.9. The molecule has 1 aromatic carbocycles. The minimum absolute atomic E-state index is 0.310. The Balaban J connectivity index is 2.38. The summed E-state index contributed by atoms with van der Waals surface area (Å²) >= 11 is 4.41. The summed E-state index contributed by atoms with van der Waals surface area (Å²) in [6.07, 6.45) is 3.05. The largest absolute Gasteiger partial charge is 0.397 e. The van der Waals surface area contributed by atoms with Gasteiger partial charge in [0.05, 0.1) is 21.3 Å². The van der Waals surface area contributed by atoms with Gasteiger partial charge in [0.25, 0.3) is 0 Å². The molecule has 1 aromatic heterocycles. The minimum atomic E-state index is -0.613. The number of hydrogen-bond donors (Lipinski definition) is 1. The highest BCUT2D eigenvalue weighted by molar-refractivity contribution is 9.10. The Hall–Kier alpha value is -1.14. The summed E-state index contributed by atoms with van der Waals surface area (Å²) in [5.41, 5.74) is 6.18. The van der Waals surface area contributed by atoms with Gasteiger partial charge in [-0.3, -0.25) is 4.98 Å². The fourth-order valence-corrected chi connectivity index (χ4v) is 2.64. The molecule has 0 fully saturated rings. The van der Waals surface area contributed by atoms with Crippen molar-refractivity contribution in [2.24, 2.45) is 0 Å². The molecule has 0 amide bonds. The molecule has 0 aliphatic heterocycles. The molecule has 0 atom stereocenters. The van der Waals surface area contributed by atoms with Crippen molar-refractivity contribution >= 4 is 33.4 Å². The fraction of sp³-hybridized carbons (Fsp3) is 0. The number of aromatic nitrogens is 1. The molecule has 0 saturated carbocycles. The van der Waals surface area contributed by atoms with Crippen LogP contribution in [0.3, 0.4) is 0 Å². The van der Waals surface area contributed by atoms with Gasteiger partial charge in [-0.2, -0.15) is 0 Å². The molecule has 2 aromatic rings. The summed E-state index contributed by atoms with van der Waals surface area (Å²) in [7, 11) is 0. The van der Waals surface area contributed by atoms with Gasteiger partial charge in [0.2, 0.25) is 0 Å². The molecule has 0 bridgehead atoms. The molecule has 1 heterocycles. The van der Waals surface area contributed by atoms with Crippen LogP contribution < -0.4 is 5.73 Å². The first-order valence-corrected chi connectivity index (χ1v) is 6.21. The maximum Gasteiger partial charge on any atom is 0.140 e. The molecule has 6 heteroatoms. The molecule has 0 unspecified atom stereocenters. The SMILES string of the molecule is Nc1cncc(Br)c1Sc1ccc(F)cc1F. The summed E-state index contributed by atoms with van der Waals surface area (Å²) in [6, 6.07) is 3.42. The van der Waals surface area contributed by atoms with Gasteiger partial charge in [0.15, 0.2) is 0 Å². The van der Waals surface area contributed by atoms with Crippen LogP contribution in [-0.2, 0) is 0 Å². The first-order valence-electron chi connectivity index (χ1n) is 4.60. The van der Waals surface area contributed by atoms with Crippen LogP contribution in [0.25, 0.3) is 0 Å². The van der Waals surface area contributed by atoms with Crippen molar-refractivity contribution in [3.05, 3.63) is 46.7 Å². The predicted molar refractivity (Wildman–Crippen MR) is 66.8 cm³/mol. The van der Waals surface area contributed by atoms with Crippen LogP contribution >= 0.6 is 27.7 Å². The Morgan fingerprint density at radius 3 is 2.65 bits per heavy atom. The van der Waals surface area contributed by atoms with Crippen molar-refractivity contribution < 1.29 is 8.78 Å². The lowest BCUT2D eigenvalue weighted by molar-refractivity contribution is 0.565. The molecule has 0 radical (unpaired) electrons. The first kappa shape index (κ1) is 12.3. The monoisotopic (exact) mass is 316 g/mol. The molecule has 2 rings (SSSR count). The highest BCUT2D eigenvalue weighted by atomic mass is 79.9. The van der Waals surface area contributed by atoms with Crippen LogP contribution in [-0.4, -0.2) is 4.98 Å². The van der Waals surface area contributed by atoms with Crippen LogP contribution in [0.2, 0.25) is 0 Å². The van der Waals surface area contributed by atoms with E-state index < -0.39 is 11.6 Å². The third-order valence-corrected chi connectivity index (χ3v) is 4.06. The topological polar surface area (TPSA) is 38.9 Å². The second kappa shape index (κ2) is 5.01. The molecular formula is C11H7BrF2N2S. The van der Waals surface area contributed by atoms with Gasteiger partial charge >= 0.3 is 0 Å². The number of nitrogens with zero attached hydrogens (tertiary/aromatic N) is 1. The van der Waals surface area contributed by atoms with Gasteiger partial charge in [-0.05, 0) is 28.1 Å². The standard InChI is InChI=1S/C11H7BrF2N2S/c12-7-4-16-5-9(15)11(7)17-10-2-1-6(13)3-8(10)14/h1-5H,15H2. The Morgan fingerprint density at radius 2 is 2.00 bits per heavy atom. The predicted octanol–water partition coefficient (Wildman–Crippen LogP) is 3.86. The number of nitrogens with two attached hydrogens (primary N) is 1. The number of benzene rings is 1. The highest BCUT2D eigenvalue weighted by Gasteiger charge is 2.11. The molecule has 2 nitrogen and oxygen atoms in total. The summed E-state index contributed by atoms with van der Waals surface area (Å²) in [4.78, 5) is 4.85. The molecule has 0 aliphatic carbocycles. The fourth-order valence-electron chi connectivity index (χ4n) is 1.21. The molecule has 2 N–H and O–H groups in total. The molecule has 17 heavy (non-hydrogen) atoms. The second-order valence-corrected chi connectivity index (χ2v) is 5.12. The third kappa shape index (κ3) is 2.76. The molecule has 0 spiro atoms. The van der Waals surface area contributed by atoms with Crippen LogP contribution in [0.1, 0.15) is 0 Å². The number of anilines is 1. The van der Waals surface area contributed by atoms with Crippen LogP contribution in [0.4, 0.5) is 14.5 Å². The van der Waals surface area contributed by atoms with E-state index in [-0.39, 0.29) is 0 Å². The van der Waals surface area contributed by atoms with Crippen LogP contribution in [0.15, 0.2) is 44.9 Å². The number of nitrogen functional groups attached to an aromatic ring is 1. The zero-order valence-electron chi connectivity index (χ0n) is 8.45. The van der Waals surface area contributed by atoms with E-state index in [4.69, 9.17) is 5.73 Å². The summed E-state index contributed by atoms with van der Waals surface area (Å²) in [5.74, 6) is -1.22. The number of rotatable bonds is 2. The van der Waals surface area contributed by atoms with Gasteiger partial charge in [-0.25, -0.2) is 8.78 Å². The summed E-state index contributed by atoms with van der Waals surface area (Å²) < 4.78 is 26.9. The Bertz CT molecular complexity index is 543. The van der Waals surface area contributed by atoms with E-state index in [1.54, 1.807) is 6.20 Å².